The molecular formula is C26H28N8O3. The minimum absolute atomic E-state index is 0.0433. The van der Waals surface area contributed by atoms with Gasteiger partial charge in [-0.1, -0.05) is 6.92 Å². The summed E-state index contributed by atoms with van der Waals surface area (Å²) in [4.78, 5) is 27.6. The summed E-state index contributed by atoms with van der Waals surface area (Å²) in [7, 11) is 1.81. The number of nitrogen functional groups attached to an aromatic ring is 1. The third kappa shape index (κ3) is 4.26. The van der Waals surface area contributed by atoms with Crippen LogP contribution in [-0.4, -0.2) is 62.3 Å². The van der Waals surface area contributed by atoms with Crippen LogP contribution in [0.1, 0.15) is 18.2 Å². The number of fused-ring (bicyclic) bond motifs is 3. The molecule has 6 rings (SSSR count). The van der Waals surface area contributed by atoms with Gasteiger partial charge in [0.05, 0.1) is 18.9 Å². The van der Waals surface area contributed by atoms with E-state index in [4.69, 9.17) is 15.2 Å². The number of carbonyl (C=O) groups is 1. The molecule has 0 saturated heterocycles. The van der Waals surface area contributed by atoms with Crippen molar-refractivity contribution in [2.24, 2.45) is 5.92 Å². The molecule has 0 radical (unpaired) electrons. The third-order valence-corrected chi connectivity index (χ3v) is 6.82. The van der Waals surface area contributed by atoms with Crippen LogP contribution in [-0.2, 0) is 17.8 Å². The number of likely N-dealkylation sites (N-methyl/N-ethyl adjacent to an activating group) is 1. The molecule has 0 spiro atoms. The van der Waals surface area contributed by atoms with E-state index >= 15 is 0 Å². The summed E-state index contributed by atoms with van der Waals surface area (Å²) in [6, 6.07) is 5.83. The second-order valence-electron chi connectivity index (χ2n) is 9.71. The predicted molar refractivity (Wildman–Crippen MR) is 139 cm³/mol. The molecule has 0 aliphatic carbocycles. The lowest BCUT2D eigenvalue weighted by atomic mass is 10.0. The van der Waals surface area contributed by atoms with Crippen molar-refractivity contribution in [3.05, 3.63) is 41.9 Å². The normalized spacial score (nSPS) is 17.3. The molecule has 11 heteroatoms. The number of carbonyl (C=O) groups excluding carboxylic acids is 1. The highest BCUT2D eigenvalue weighted by atomic mass is 16.5. The van der Waals surface area contributed by atoms with Crippen molar-refractivity contribution in [1.29, 1.82) is 0 Å². The molecule has 6 heterocycles. The standard InChI is InChI=1S/C26H28N8O3/c1-14-12-36-24-15(2)18(9-29-26(24)37-13-14)20-6-16-7-21(28-10-19(16)25(27)30-20)31-22-8-17-4-5-33(3)23(35)11-34(17)32-22/h6-10,14H,4-5,11-13H2,1-3H3,(H2,27,30)(H,28,31,32)/t14-/m0/s1. The Hall–Kier alpha value is -4.41. The monoisotopic (exact) mass is 500 g/mol. The van der Waals surface area contributed by atoms with E-state index in [2.05, 4.69) is 32.3 Å². The molecule has 0 fully saturated rings. The van der Waals surface area contributed by atoms with E-state index < -0.39 is 0 Å². The van der Waals surface area contributed by atoms with E-state index in [0.717, 1.165) is 34.0 Å². The van der Waals surface area contributed by atoms with Crippen LogP contribution in [0.2, 0.25) is 0 Å². The Morgan fingerprint density at radius 1 is 1.11 bits per heavy atom. The fraction of sp³-hybridized carbons (Fsp3) is 0.346. The number of hydrogen-bond acceptors (Lipinski definition) is 9. The molecule has 0 bridgehead atoms. The molecule has 190 valence electrons. The molecular weight excluding hydrogens is 472 g/mol. The number of anilines is 3. The third-order valence-electron chi connectivity index (χ3n) is 6.82. The van der Waals surface area contributed by atoms with Crippen molar-refractivity contribution in [3.63, 3.8) is 0 Å². The summed E-state index contributed by atoms with van der Waals surface area (Å²) in [5.74, 6) is 3.09. The van der Waals surface area contributed by atoms with Gasteiger partial charge < -0.3 is 25.4 Å². The maximum Gasteiger partial charge on any atom is 0.257 e. The number of aromatic nitrogens is 5. The van der Waals surface area contributed by atoms with Crippen LogP contribution in [0.25, 0.3) is 22.0 Å². The van der Waals surface area contributed by atoms with E-state index in [9.17, 15) is 4.79 Å². The fourth-order valence-corrected chi connectivity index (χ4v) is 4.61. The Labute approximate surface area is 213 Å². The maximum atomic E-state index is 12.2. The van der Waals surface area contributed by atoms with Gasteiger partial charge in [0.2, 0.25) is 5.91 Å². The summed E-state index contributed by atoms with van der Waals surface area (Å²) in [6.45, 7) is 6.07. The molecule has 37 heavy (non-hydrogen) atoms. The lowest BCUT2D eigenvalue weighted by molar-refractivity contribution is -0.130. The minimum atomic E-state index is 0.0433. The molecule has 2 aliphatic heterocycles. The average molecular weight is 501 g/mol. The van der Waals surface area contributed by atoms with E-state index in [1.165, 1.54) is 0 Å². The summed E-state index contributed by atoms with van der Waals surface area (Å²) in [5.41, 5.74) is 9.75. The van der Waals surface area contributed by atoms with Gasteiger partial charge in [-0.25, -0.2) is 15.0 Å². The lowest BCUT2D eigenvalue weighted by Gasteiger charge is -2.14. The first kappa shape index (κ1) is 23.0. The lowest BCUT2D eigenvalue weighted by Crippen LogP contribution is -2.29. The molecule has 0 aromatic carbocycles. The van der Waals surface area contributed by atoms with Gasteiger partial charge in [-0.3, -0.25) is 9.48 Å². The van der Waals surface area contributed by atoms with Crippen LogP contribution in [0, 0.1) is 12.8 Å². The Morgan fingerprint density at radius 3 is 2.81 bits per heavy atom. The number of pyridine rings is 3. The molecule has 2 aliphatic rings. The van der Waals surface area contributed by atoms with Crippen LogP contribution in [0.4, 0.5) is 17.5 Å². The summed E-state index contributed by atoms with van der Waals surface area (Å²) >= 11 is 0. The highest BCUT2D eigenvalue weighted by Crippen LogP contribution is 2.38. The number of nitrogens with zero attached hydrogens (tertiary/aromatic N) is 6. The summed E-state index contributed by atoms with van der Waals surface area (Å²) in [5, 5.41) is 9.45. The van der Waals surface area contributed by atoms with Crippen LogP contribution < -0.4 is 20.5 Å². The van der Waals surface area contributed by atoms with Crippen LogP contribution in [0.3, 0.4) is 0 Å². The van der Waals surface area contributed by atoms with Gasteiger partial charge in [-0.15, -0.1) is 0 Å². The number of amides is 1. The van der Waals surface area contributed by atoms with Crippen LogP contribution in [0.5, 0.6) is 11.6 Å². The zero-order chi connectivity index (χ0) is 25.7. The van der Waals surface area contributed by atoms with Crippen molar-refractivity contribution in [2.45, 2.75) is 26.8 Å². The zero-order valence-corrected chi connectivity index (χ0v) is 21.0. The zero-order valence-electron chi connectivity index (χ0n) is 21.0. The van der Waals surface area contributed by atoms with Gasteiger partial charge in [0.1, 0.15) is 18.2 Å². The highest BCUT2D eigenvalue weighted by Gasteiger charge is 2.22. The second-order valence-corrected chi connectivity index (χ2v) is 9.71. The van der Waals surface area contributed by atoms with E-state index in [-0.39, 0.29) is 18.4 Å². The highest BCUT2D eigenvalue weighted by molar-refractivity contribution is 5.95. The maximum absolute atomic E-state index is 12.2. The summed E-state index contributed by atoms with van der Waals surface area (Å²) < 4.78 is 13.6. The molecule has 4 aromatic heterocycles. The first-order valence-electron chi connectivity index (χ1n) is 12.3. The molecule has 1 amide bonds. The second kappa shape index (κ2) is 8.91. The van der Waals surface area contributed by atoms with Gasteiger partial charge in [-0.2, -0.15) is 5.10 Å². The number of hydrogen-bond donors (Lipinski definition) is 2. The largest absolute Gasteiger partial charge is 0.487 e. The van der Waals surface area contributed by atoms with Gasteiger partial charge >= 0.3 is 0 Å². The smallest absolute Gasteiger partial charge is 0.257 e. The Kier molecular flexibility index (Phi) is 5.54. The van der Waals surface area contributed by atoms with E-state index in [1.54, 1.807) is 22.0 Å². The van der Waals surface area contributed by atoms with Crippen LogP contribution >= 0.6 is 0 Å². The molecule has 0 saturated carbocycles. The van der Waals surface area contributed by atoms with Crippen molar-refractivity contribution in [3.8, 4) is 22.9 Å². The van der Waals surface area contributed by atoms with Gasteiger partial charge in [-0.05, 0) is 24.4 Å². The van der Waals surface area contributed by atoms with Crippen molar-refractivity contribution >= 4 is 34.1 Å². The van der Waals surface area contributed by atoms with Crippen LogP contribution in [0.15, 0.2) is 30.6 Å². The average Bonchev–Trinajstić information content (AvgIpc) is 3.05. The number of ether oxygens (including phenoxy) is 2. The molecule has 11 nitrogen and oxygen atoms in total. The number of nitrogens with two attached hydrogens (primary N) is 1. The van der Waals surface area contributed by atoms with Gasteiger partial charge in [0.15, 0.2) is 11.6 Å². The Morgan fingerprint density at radius 2 is 1.95 bits per heavy atom. The topological polar surface area (TPSA) is 133 Å². The van der Waals surface area contributed by atoms with Crippen molar-refractivity contribution in [1.82, 2.24) is 29.6 Å². The SMILES string of the molecule is Cc1c(-c2cc3cc(Nc4cc5n(n4)CC(=O)N(C)CC5)ncc3c(N)n2)cnc2c1OC[C@H](C)CO2. The number of nitrogens with one attached hydrogen (secondary N) is 1. The Balaban J connectivity index is 1.32. The first-order valence-corrected chi connectivity index (χ1v) is 12.3. The molecule has 0 unspecified atom stereocenters. The fourth-order valence-electron chi connectivity index (χ4n) is 4.61. The van der Waals surface area contributed by atoms with Gasteiger partial charge in [0, 0.05) is 66.6 Å². The van der Waals surface area contributed by atoms with E-state index in [0.29, 0.717) is 54.5 Å². The quantitative estimate of drug-likeness (QED) is 0.435. The van der Waals surface area contributed by atoms with Crippen molar-refractivity contribution in [2.75, 3.05) is 37.9 Å². The Bertz CT molecular complexity index is 1530. The predicted octanol–water partition coefficient (Wildman–Crippen LogP) is 2.94. The van der Waals surface area contributed by atoms with Gasteiger partial charge in [0.25, 0.3) is 5.88 Å². The summed E-state index contributed by atoms with van der Waals surface area (Å²) in [6.07, 6.45) is 4.19. The number of rotatable bonds is 3. The molecule has 4 aromatic rings. The minimum Gasteiger partial charge on any atom is -0.487 e. The van der Waals surface area contributed by atoms with E-state index in [1.807, 2.05) is 32.2 Å². The molecule has 1 atom stereocenters. The first-order chi connectivity index (χ1) is 17.9. The molecule has 3 N–H and O–H groups in total. The van der Waals surface area contributed by atoms with Crippen molar-refractivity contribution < 1.29 is 14.3 Å².